The zero-order valence-electron chi connectivity index (χ0n) is 16.6. The molecule has 7 nitrogen and oxygen atoms in total. The summed E-state index contributed by atoms with van der Waals surface area (Å²) in [7, 11) is 0. The molecule has 156 valence electrons. The first-order valence-corrected chi connectivity index (χ1v) is 10.1. The lowest BCUT2D eigenvalue weighted by Crippen LogP contribution is -2.15. The number of hydrogen-bond acceptors (Lipinski definition) is 7. The maximum absolute atomic E-state index is 12.1. The van der Waals surface area contributed by atoms with Crippen LogP contribution in [0, 0.1) is 0 Å². The molecule has 2 heterocycles. The molecule has 5 rings (SSSR count). The van der Waals surface area contributed by atoms with Gasteiger partial charge in [0.05, 0.1) is 0 Å². The van der Waals surface area contributed by atoms with Crippen LogP contribution in [0.2, 0.25) is 0 Å². The number of rotatable bonds is 6. The van der Waals surface area contributed by atoms with Crippen molar-refractivity contribution in [1.82, 2.24) is 5.16 Å². The molecule has 4 aromatic rings. The summed E-state index contributed by atoms with van der Waals surface area (Å²) in [6, 6.07) is 16.5. The van der Waals surface area contributed by atoms with Crippen LogP contribution in [0.3, 0.4) is 0 Å². The van der Waals surface area contributed by atoms with Gasteiger partial charge in [0, 0.05) is 28.6 Å². The second-order valence-electron chi connectivity index (χ2n) is 7.36. The third kappa shape index (κ3) is 3.94. The number of fused-ring (bicyclic) bond motifs is 3. The van der Waals surface area contributed by atoms with Crippen molar-refractivity contribution < 1.29 is 23.2 Å². The zero-order valence-corrected chi connectivity index (χ0v) is 16.6. The van der Waals surface area contributed by atoms with E-state index in [9.17, 15) is 9.59 Å². The molecule has 0 saturated carbocycles. The molecule has 0 spiro atoms. The lowest BCUT2D eigenvalue weighted by molar-refractivity contribution is -0.147. The monoisotopic (exact) mass is 417 g/mol. The van der Waals surface area contributed by atoms with E-state index in [1.54, 1.807) is 18.2 Å². The summed E-state index contributed by atoms with van der Waals surface area (Å²) in [6.07, 6.45) is 2.59. The van der Waals surface area contributed by atoms with E-state index < -0.39 is 5.97 Å². The van der Waals surface area contributed by atoms with Crippen molar-refractivity contribution in [2.45, 2.75) is 25.9 Å². The minimum absolute atomic E-state index is 0.0166. The molecule has 0 unspecified atom stereocenters. The predicted molar refractivity (Wildman–Crippen MR) is 112 cm³/mol. The third-order valence-electron chi connectivity index (χ3n) is 5.30. The first kappa shape index (κ1) is 19.1. The van der Waals surface area contributed by atoms with E-state index in [1.807, 2.05) is 36.4 Å². The Hall–Kier alpha value is -3.87. The Morgan fingerprint density at radius 1 is 1.03 bits per heavy atom. The summed E-state index contributed by atoms with van der Waals surface area (Å²) in [5.41, 5.74) is 3.40. The number of nitrogens with zero attached hydrogens (tertiary/aromatic N) is 1. The maximum Gasteiger partial charge on any atom is 0.344 e. The Bertz CT molecular complexity index is 1300. The van der Waals surface area contributed by atoms with Crippen molar-refractivity contribution >= 4 is 16.9 Å². The summed E-state index contributed by atoms with van der Waals surface area (Å²) in [5, 5.41) is 4.84. The molecule has 0 saturated heterocycles. The summed E-state index contributed by atoms with van der Waals surface area (Å²) in [5.74, 6) is 0.491. The molecule has 7 heteroatoms. The van der Waals surface area contributed by atoms with Crippen LogP contribution < -0.4 is 10.4 Å². The van der Waals surface area contributed by atoms with Crippen molar-refractivity contribution in [3.05, 3.63) is 81.8 Å². The highest BCUT2D eigenvalue weighted by Gasteiger charge is 2.20. The van der Waals surface area contributed by atoms with Crippen LogP contribution >= 0.6 is 0 Å². The van der Waals surface area contributed by atoms with Crippen molar-refractivity contribution in [3.63, 3.8) is 0 Å². The average molecular weight is 417 g/mol. The zero-order chi connectivity index (χ0) is 21.2. The van der Waals surface area contributed by atoms with E-state index in [4.69, 9.17) is 18.4 Å². The van der Waals surface area contributed by atoms with E-state index >= 15 is 0 Å². The van der Waals surface area contributed by atoms with E-state index in [0.29, 0.717) is 22.8 Å². The lowest BCUT2D eigenvalue weighted by atomic mass is 10.1. The molecule has 31 heavy (non-hydrogen) atoms. The Labute approximate surface area is 177 Å². The van der Waals surface area contributed by atoms with E-state index in [2.05, 4.69) is 5.16 Å². The molecular formula is C24H19NO6. The molecule has 0 radical (unpaired) electrons. The molecule has 2 aromatic heterocycles. The molecule has 0 fully saturated rings. The highest BCUT2D eigenvalue weighted by Crippen LogP contribution is 2.29. The molecule has 0 atom stereocenters. The lowest BCUT2D eigenvalue weighted by Gasteiger charge is -2.08. The average Bonchev–Trinajstić information content (AvgIpc) is 3.47. The fraction of sp³-hybridized carbons (Fsp3) is 0.208. The second-order valence-corrected chi connectivity index (χ2v) is 7.36. The van der Waals surface area contributed by atoms with Gasteiger partial charge in [-0.05, 0) is 37.0 Å². The summed E-state index contributed by atoms with van der Waals surface area (Å²) in [4.78, 5) is 24.2. The number of hydrogen-bond donors (Lipinski definition) is 0. The van der Waals surface area contributed by atoms with E-state index in [-0.39, 0.29) is 18.8 Å². The molecule has 0 aliphatic heterocycles. The van der Waals surface area contributed by atoms with Gasteiger partial charge in [-0.25, -0.2) is 9.59 Å². The normalized spacial score (nSPS) is 12.6. The quantitative estimate of drug-likeness (QED) is 0.345. The fourth-order valence-electron chi connectivity index (χ4n) is 3.81. The van der Waals surface area contributed by atoms with Gasteiger partial charge in [0.15, 0.2) is 12.4 Å². The topological polar surface area (TPSA) is 91.8 Å². The first-order chi connectivity index (χ1) is 15.2. The van der Waals surface area contributed by atoms with Gasteiger partial charge >= 0.3 is 11.6 Å². The molecule has 2 aromatic carbocycles. The number of esters is 1. The van der Waals surface area contributed by atoms with Gasteiger partial charge < -0.3 is 18.4 Å². The number of carbonyl (C=O) groups is 1. The Balaban J connectivity index is 1.19. The molecular weight excluding hydrogens is 398 g/mol. The van der Waals surface area contributed by atoms with Crippen LogP contribution in [0.1, 0.15) is 23.2 Å². The molecule has 1 aliphatic carbocycles. The minimum Gasteiger partial charge on any atom is -0.482 e. The Morgan fingerprint density at radius 2 is 1.87 bits per heavy atom. The van der Waals surface area contributed by atoms with Crippen LogP contribution in [0.15, 0.2) is 68.3 Å². The smallest absolute Gasteiger partial charge is 0.344 e. The maximum atomic E-state index is 12.1. The fourth-order valence-corrected chi connectivity index (χ4v) is 3.81. The number of benzene rings is 2. The van der Waals surface area contributed by atoms with Gasteiger partial charge in [-0.1, -0.05) is 35.5 Å². The highest BCUT2D eigenvalue weighted by molar-refractivity contribution is 5.83. The van der Waals surface area contributed by atoms with Gasteiger partial charge in [-0.15, -0.1) is 0 Å². The minimum atomic E-state index is -0.542. The molecule has 1 aliphatic rings. The van der Waals surface area contributed by atoms with Gasteiger partial charge in [0.1, 0.15) is 23.6 Å². The van der Waals surface area contributed by atoms with Gasteiger partial charge in [-0.2, -0.15) is 0 Å². The van der Waals surface area contributed by atoms with Crippen LogP contribution in [-0.2, 0) is 29.0 Å². The van der Waals surface area contributed by atoms with Crippen molar-refractivity contribution in [1.29, 1.82) is 0 Å². The summed E-state index contributed by atoms with van der Waals surface area (Å²) in [6.45, 7) is -0.290. The van der Waals surface area contributed by atoms with Gasteiger partial charge in [0.2, 0.25) is 0 Å². The van der Waals surface area contributed by atoms with Crippen LogP contribution in [0.5, 0.6) is 5.75 Å². The highest BCUT2D eigenvalue weighted by atomic mass is 16.6. The number of aromatic nitrogens is 1. The molecule has 0 N–H and O–H groups in total. The standard InChI is InChI=1S/C24H19NO6/c26-23(29-13-16-11-21(31-25-16)15-5-2-1-3-6-15)14-28-17-9-10-19-18-7-4-8-20(18)24(27)30-22(19)12-17/h1-3,5-6,9-12H,4,7-8,13-14H2. The van der Waals surface area contributed by atoms with Gasteiger partial charge in [-0.3, -0.25) is 0 Å². The van der Waals surface area contributed by atoms with Crippen molar-refractivity contribution in [2.75, 3.05) is 6.61 Å². The van der Waals surface area contributed by atoms with Crippen LogP contribution in [0.4, 0.5) is 0 Å². The van der Waals surface area contributed by atoms with Crippen molar-refractivity contribution in [2.24, 2.45) is 0 Å². The predicted octanol–water partition coefficient (Wildman–Crippen LogP) is 4.06. The van der Waals surface area contributed by atoms with E-state index in [1.165, 1.54) is 0 Å². The largest absolute Gasteiger partial charge is 0.482 e. The third-order valence-corrected chi connectivity index (χ3v) is 5.30. The number of aryl methyl sites for hydroxylation is 1. The Kier molecular flexibility index (Phi) is 5.00. The number of ether oxygens (including phenoxy) is 2. The first-order valence-electron chi connectivity index (χ1n) is 10.1. The summed E-state index contributed by atoms with van der Waals surface area (Å²) >= 11 is 0. The second kappa shape index (κ2) is 8.10. The SMILES string of the molecule is O=C(COc1ccc2c3c(c(=O)oc2c1)CCC3)OCc1cc(-c2ccccc2)on1. The molecule has 0 bridgehead atoms. The van der Waals surface area contributed by atoms with Crippen molar-refractivity contribution in [3.8, 4) is 17.1 Å². The van der Waals surface area contributed by atoms with Gasteiger partial charge in [0.25, 0.3) is 0 Å². The molecule has 0 amide bonds. The van der Waals surface area contributed by atoms with E-state index in [0.717, 1.165) is 41.3 Å². The van der Waals surface area contributed by atoms with Crippen LogP contribution in [0.25, 0.3) is 22.3 Å². The Morgan fingerprint density at radius 3 is 2.74 bits per heavy atom. The van der Waals surface area contributed by atoms with Crippen LogP contribution in [-0.4, -0.2) is 17.7 Å². The number of carbonyl (C=O) groups excluding carboxylic acids is 1. The summed E-state index contributed by atoms with van der Waals surface area (Å²) < 4.78 is 21.4.